The van der Waals surface area contributed by atoms with E-state index in [1.165, 1.54) is 11.0 Å². The fourth-order valence-corrected chi connectivity index (χ4v) is 2.78. The minimum Gasteiger partial charge on any atom is -0.442 e. The van der Waals surface area contributed by atoms with E-state index in [-0.39, 0.29) is 6.10 Å². The lowest BCUT2D eigenvalue weighted by Crippen LogP contribution is -2.36. The average molecular weight is 365 g/mol. The number of nitrogens with one attached hydrogen (secondary N) is 1. The van der Waals surface area contributed by atoms with Crippen molar-refractivity contribution in [1.82, 2.24) is 10.3 Å². The van der Waals surface area contributed by atoms with Gasteiger partial charge in [0, 0.05) is 13.6 Å². The first-order chi connectivity index (χ1) is 11.9. The highest BCUT2D eigenvalue weighted by Gasteiger charge is 2.32. The van der Waals surface area contributed by atoms with Crippen LogP contribution >= 0.6 is 12.2 Å². The van der Waals surface area contributed by atoms with E-state index in [1.807, 2.05) is 7.05 Å². The first-order valence-electron chi connectivity index (χ1n) is 7.98. The molecule has 1 amide bonds. The van der Waals surface area contributed by atoms with Crippen molar-refractivity contribution in [2.24, 2.45) is 5.10 Å². The number of nitrogens with zero attached hydrogens (tertiary/aromatic N) is 4. The number of carbonyl (C=O) groups is 1. The zero-order chi connectivity index (χ0) is 18.0. The number of rotatable bonds is 4. The topological polar surface area (TPSA) is 60.4 Å². The summed E-state index contributed by atoms with van der Waals surface area (Å²) in [4.78, 5) is 15.9. The lowest BCUT2D eigenvalue weighted by Gasteiger charge is -2.28. The molecule has 1 fully saturated rings. The highest BCUT2D eigenvalue weighted by molar-refractivity contribution is 7.80. The van der Waals surface area contributed by atoms with Crippen LogP contribution in [-0.2, 0) is 4.74 Å². The molecular formula is C16H20FN5O2S. The second-order valence-corrected chi connectivity index (χ2v) is 6.61. The maximum atomic E-state index is 14.5. The molecule has 1 aromatic carbocycles. The molecule has 1 atom stereocenters. The summed E-state index contributed by atoms with van der Waals surface area (Å²) in [7, 11) is 1.86. The van der Waals surface area contributed by atoms with E-state index < -0.39 is 11.9 Å². The Morgan fingerprint density at radius 2 is 2.28 bits per heavy atom. The van der Waals surface area contributed by atoms with Gasteiger partial charge >= 0.3 is 6.09 Å². The smallest absolute Gasteiger partial charge is 0.414 e. The van der Waals surface area contributed by atoms with E-state index >= 15 is 0 Å². The van der Waals surface area contributed by atoms with Gasteiger partial charge in [-0.2, -0.15) is 5.10 Å². The SMILES string of the molecule is CC(=S)NC[C@H]1CN(c2ccc(N3C=NN(C)CC3)c(F)c2)C(=O)O1. The Labute approximate surface area is 151 Å². The molecule has 0 spiro atoms. The van der Waals surface area contributed by atoms with Crippen LogP contribution in [0.5, 0.6) is 0 Å². The number of likely N-dealkylation sites (N-methyl/N-ethyl adjacent to an activating group) is 1. The fourth-order valence-electron chi connectivity index (χ4n) is 2.69. The fraction of sp³-hybridized carbons (Fsp3) is 0.438. The van der Waals surface area contributed by atoms with Crippen LogP contribution < -0.4 is 15.1 Å². The zero-order valence-corrected chi connectivity index (χ0v) is 14.9. The Morgan fingerprint density at radius 3 is 2.92 bits per heavy atom. The number of hydrogen-bond donors (Lipinski definition) is 1. The molecule has 134 valence electrons. The second kappa shape index (κ2) is 7.22. The average Bonchev–Trinajstić information content (AvgIpc) is 2.95. The Bertz CT molecular complexity index is 714. The number of carbonyl (C=O) groups excluding carboxylic acids is 1. The van der Waals surface area contributed by atoms with Crippen LogP contribution in [0.4, 0.5) is 20.6 Å². The number of ether oxygens (including phenoxy) is 1. The summed E-state index contributed by atoms with van der Waals surface area (Å²) in [6.45, 7) is 3.91. The van der Waals surface area contributed by atoms with Crippen LogP contribution in [0.1, 0.15) is 6.92 Å². The van der Waals surface area contributed by atoms with Crippen LogP contribution in [0, 0.1) is 5.82 Å². The quantitative estimate of drug-likeness (QED) is 0.821. The molecule has 0 saturated carbocycles. The largest absolute Gasteiger partial charge is 0.442 e. The number of cyclic esters (lactones) is 1. The highest BCUT2D eigenvalue weighted by atomic mass is 32.1. The third-order valence-corrected chi connectivity index (χ3v) is 4.20. The third kappa shape index (κ3) is 3.98. The van der Waals surface area contributed by atoms with Crippen LogP contribution in [0.25, 0.3) is 0 Å². The third-order valence-electron chi connectivity index (χ3n) is 4.06. The zero-order valence-electron chi connectivity index (χ0n) is 14.1. The molecule has 0 bridgehead atoms. The molecule has 2 aliphatic heterocycles. The number of thiocarbonyl (C=S) groups is 1. The molecule has 0 aromatic heterocycles. The van der Waals surface area contributed by atoms with Crippen molar-refractivity contribution in [3.63, 3.8) is 0 Å². The van der Waals surface area contributed by atoms with Crippen LogP contribution in [0.3, 0.4) is 0 Å². The molecule has 9 heteroatoms. The van der Waals surface area contributed by atoms with Gasteiger partial charge in [0.15, 0.2) is 0 Å². The summed E-state index contributed by atoms with van der Waals surface area (Å²) in [5.74, 6) is -0.405. The van der Waals surface area contributed by atoms with Crippen molar-refractivity contribution in [2.45, 2.75) is 13.0 Å². The van der Waals surface area contributed by atoms with Gasteiger partial charge in [-0.05, 0) is 25.1 Å². The van der Waals surface area contributed by atoms with Crippen molar-refractivity contribution < 1.29 is 13.9 Å². The van der Waals surface area contributed by atoms with E-state index in [2.05, 4.69) is 10.4 Å². The van der Waals surface area contributed by atoms with Gasteiger partial charge in [-0.3, -0.25) is 9.91 Å². The molecule has 25 heavy (non-hydrogen) atoms. The highest BCUT2D eigenvalue weighted by Crippen LogP contribution is 2.28. The summed E-state index contributed by atoms with van der Waals surface area (Å²) < 4.78 is 19.8. The van der Waals surface area contributed by atoms with Gasteiger partial charge < -0.3 is 15.0 Å². The minimum atomic E-state index is -0.484. The van der Waals surface area contributed by atoms with Crippen LogP contribution in [0.2, 0.25) is 0 Å². The molecule has 1 N–H and O–H groups in total. The number of anilines is 2. The molecule has 1 aromatic rings. The van der Waals surface area contributed by atoms with Gasteiger partial charge in [-0.25, -0.2) is 9.18 Å². The molecule has 0 unspecified atom stereocenters. The summed E-state index contributed by atoms with van der Waals surface area (Å²) in [6.07, 6.45) is 0.793. The number of amides is 1. The predicted molar refractivity (Wildman–Crippen MR) is 98.8 cm³/mol. The Hall–Kier alpha value is -2.42. The number of hydrogen-bond acceptors (Lipinski definition) is 6. The monoisotopic (exact) mass is 365 g/mol. The molecule has 2 aliphatic rings. The maximum absolute atomic E-state index is 14.5. The summed E-state index contributed by atoms with van der Waals surface area (Å²) in [5, 5.41) is 8.92. The number of halogens is 1. The van der Waals surface area contributed by atoms with Gasteiger partial charge in [0.1, 0.15) is 18.3 Å². The van der Waals surface area contributed by atoms with Crippen LogP contribution in [0.15, 0.2) is 23.3 Å². The Balaban J connectivity index is 1.71. The van der Waals surface area contributed by atoms with E-state index in [0.717, 1.165) is 0 Å². The first-order valence-corrected chi connectivity index (χ1v) is 8.39. The molecule has 1 saturated heterocycles. The van der Waals surface area contributed by atoms with Crippen molar-refractivity contribution in [1.29, 1.82) is 0 Å². The Kier molecular flexibility index (Phi) is 5.03. The lowest BCUT2D eigenvalue weighted by molar-refractivity contribution is 0.143. The van der Waals surface area contributed by atoms with Crippen molar-refractivity contribution >= 4 is 41.0 Å². The normalized spacial score (nSPS) is 20.0. The van der Waals surface area contributed by atoms with Crippen molar-refractivity contribution in [3.05, 3.63) is 24.0 Å². The Morgan fingerprint density at radius 1 is 1.48 bits per heavy atom. The summed E-state index contributed by atoms with van der Waals surface area (Å²) >= 11 is 4.95. The number of benzene rings is 1. The molecule has 2 heterocycles. The summed E-state index contributed by atoms with van der Waals surface area (Å²) in [5.41, 5.74) is 0.904. The van der Waals surface area contributed by atoms with E-state index in [4.69, 9.17) is 17.0 Å². The van der Waals surface area contributed by atoms with Gasteiger partial charge in [0.2, 0.25) is 0 Å². The maximum Gasteiger partial charge on any atom is 0.414 e. The molecule has 0 aliphatic carbocycles. The molecule has 7 nitrogen and oxygen atoms in total. The first kappa shape index (κ1) is 17.4. The second-order valence-electron chi connectivity index (χ2n) is 5.99. The molecular weight excluding hydrogens is 345 g/mol. The predicted octanol–water partition coefficient (Wildman–Crippen LogP) is 1.78. The molecule has 0 radical (unpaired) electrons. The van der Waals surface area contributed by atoms with Crippen molar-refractivity contribution in [3.8, 4) is 0 Å². The number of hydrazone groups is 1. The van der Waals surface area contributed by atoms with Gasteiger partial charge in [-0.1, -0.05) is 12.2 Å². The standard InChI is InChI=1S/C16H20FN5O2S/c1-11(25)18-8-13-9-22(16(23)24-13)12-3-4-15(14(17)7-12)21-6-5-20(2)19-10-21/h3-4,7,10,13H,5-6,8-9H2,1-2H3,(H,18,25)/t13-/m0/s1. The van der Waals surface area contributed by atoms with Gasteiger partial charge in [-0.15, -0.1) is 0 Å². The van der Waals surface area contributed by atoms with Crippen LogP contribution in [-0.4, -0.2) is 61.8 Å². The summed E-state index contributed by atoms with van der Waals surface area (Å²) in [6, 6.07) is 4.72. The van der Waals surface area contributed by atoms with Gasteiger partial charge in [0.25, 0.3) is 0 Å². The lowest BCUT2D eigenvalue weighted by atomic mass is 10.2. The van der Waals surface area contributed by atoms with E-state index in [9.17, 15) is 9.18 Å². The van der Waals surface area contributed by atoms with Crippen molar-refractivity contribution in [2.75, 3.05) is 43.0 Å². The van der Waals surface area contributed by atoms with E-state index in [0.29, 0.717) is 42.5 Å². The van der Waals surface area contributed by atoms with Gasteiger partial charge in [0.05, 0.1) is 36.0 Å². The minimum absolute atomic E-state index is 0.321. The molecule has 3 rings (SSSR count). The van der Waals surface area contributed by atoms with E-state index in [1.54, 1.807) is 35.3 Å².